The van der Waals surface area contributed by atoms with E-state index in [1.807, 2.05) is 48.6 Å². The number of benzene rings is 2. The molecule has 1 aliphatic heterocycles. The fourth-order valence-corrected chi connectivity index (χ4v) is 6.21. The second kappa shape index (κ2) is 9.37. The van der Waals surface area contributed by atoms with Gasteiger partial charge in [-0.25, -0.2) is 0 Å². The Balaban J connectivity index is 1.18. The highest BCUT2D eigenvalue weighted by molar-refractivity contribution is 7.19. The Kier molecular flexibility index (Phi) is 6.32. The number of methoxy groups -OCH3 is 1. The molecule has 5 rings (SSSR count). The van der Waals surface area contributed by atoms with Crippen LogP contribution in [0.15, 0.2) is 52.9 Å². The van der Waals surface area contributed by atoms with Crippen LogP contribution in [0, 0.1) is 6.92 Å². The summed E-state index contributed by atoms with van der Waals surface area (Å²) in [4.78, 5) is 3.83. The lowest BCUT2D eigenvalue weighted by atomic mass is 9.90. The van der Waals surface area contributed by atoms with Gasteiger partial charge in [0.25, 0.3) is 0 Å². The fraction of sp³-hybridized carbons (Fsp3) is 0.407. The summed E-state index contributed by atoms with van der Waals surface area (Å²) in [6.45, 7) is 6.06. The molecule has 174 valence electrons. The van der Waals surface area contributed by atoms with Crippen molar-refractivity contribution in [2.45, 2.75) is 44.8 Å². The van der Waals surface area contributed by atoms with Crippen molar-refractivity contribution >= 4 is 32.4 Å². The van der Waals surface area contributed by atoms with Crippen molar-refractivity contribution in [3.05, 3.63) is 59.2 Å². The standard InChI is InChI=1S/C27H31NO4S/c1-17-12-19(27-14-22-23(30-3)6-5-9-26(22)33-27)10-11-28(17)15-20(29)16-31-24-7-4-8-25-21(24)13-18(2)32-25/h4-9,13-14,17,19-20,29H,10-12,15-16H2,1-3H3/t17-,19-,20-/m0/s1. The van der Waals surface area contributed by atoms with Crippen LogP contribution in [0.2, 0.25) is 0 Å². The zero-order valence-electron chi connectivity index (χ0n) is 19.4. The van der Waals surface area contributed by atoms with E-state index in [0.29, 0.717) is 18.5 Å². The van der Waals surface area contributed by atoms with Gasteiger partial charge < -0.3 is 19.0 Å². The first-order valence-corrected chi connectivity index (χ1v) is 12.4. The number of rotatable bonds is 7. The Labute approximate surface area is 198 Å². The number of aliphatic hydroxyl groups excluding tert-OH is 1. The van der Waals surface area contributed by atoms with E-state index in [4.69, 9.17) is 13.9 Å². The van der Waals surface area contributed by atoms with Crippen molar-refractivity contribution in [1.82, 2.24) is 4.90 Å². The van der Waals surface area contributed by atoms with Gasteiger partial charge >= 0.3 is 0 Å². The molecule has 33 heavy (non-hydrogen) atoms. The Bertz CT molecular complexity index is 1250. The van der Waals surface area contributed by atoms with Crippen LogP contribution in [0.4, 0.5) is 0 Å². The quantitative estimate of drug-likeness (QED) is 0.364. The van der Waals surface area contributed by atoms with E-state index in [0.717, 1.165) is 47.6 Å². The molecule has 6 heteroatoms. The number of piperidine rings is 1. The third-order valence-electron chi connectivity index (χ3n) is 6.70. The zero-order chi connectivity index (χ0) is 22.9. The average molecular weight is 466 g/mol. The lowest BCUT2D eigenvalue weighted by molar-refractivity contribution is 0.0408. The van der Waals surface area contributed by atoms with Gasteiger partial charge in [-0.2, -0.15) is 0 Å². The second-order valence-corrected chi connectivity index (χ2v) is 10.2. The first kappa shape index (κ1) is 22.3. The molecule has 2 aromatic carbocycles. The summed E-state index contributed by atoms with van der Waals surface area (Å²) < 4.78 is 18.5. The molecular weight excluding hydrogens is 434 g/mol. The van der Waals surface area contributed by atoms with Gasteiger partial charge in [-0.15, -0.1) is 11.3 Å². The molecule has 1 fully saturated rings. The summed E-state index contributed by atoms with van der Waals surface area (Å²) in [5, 5.41) is 12.9. The number of nitrogens with zero attached hydrogens (tertiary/aromatic N) is 1. The number of ether oxygens (including phenoxy) is 2. The number of thiophene rings is 1. The number of β-amino-alcohol motifs (C(OH)–C–C–N with tert-alkyl or cyclic N) is 1. The van der Waals surface area contributed by atoms with E-state index >= 15 is 0 Å². The largest absolute Gasteiger partial charge is 0.496 e. The van der Waals surface area contributed by atoms with Gasteiger partial charge in [0.1, 0.15) is 35.6 Å². The van der Waals surface area contributed by atoms with Gasteiger partial charge in [0.05, 0.1) is 12.5 Å². The maximum atomic E-state index is 10.7. The van der Waals surface area contributed by atoms with Gasteiger partial charge in [-0.1, -0.05) is 12.1 Å². The molecule has 0 aliphatic carbocycles. The van der Waals surface area contributed by atoms with Crippen LogP contribution in [-0.2, 0) is 0 Å². The van der Waals surface area contributed by atoms with Gasteiger partial charge in [0.15, 0.2) is 0 Å². The van der Waals surface area contributed by atoms with Crippen molar-refractivity contribution < 1.29 is 19.0 Å². The molecule has 1 aliphatic rings. The summed E-state index contributed by atoms with van der Waals surface area (Å²) in [7, 11) is 1.73. The predicted octanol–water partition coefficient (Wildman–Crippen LogP) is 5.97. The van der Waals surface area contributed by atoms with E-state index in [2.05, 4.69) is 30.0 Å². The molecule has 3 heterocycles. The van der Waals surface area contributed by atoms with Crippen LogP contribution >= 0.6 is 11.3 Å². The Morgan fingerprint density at radius 2 is 1.97 bits per heavy atom. The van der Waals surface area contributed by atoms with Crippen molar-refractivity contribution in [2.75, 3.05) is 26.8 Å². The van der Waals surface area contributed by atoms with Crippen molar-refractivity contribution in [3.63, 3.8) is 0 Å². The summed E-state index contributed by atoms with van der Waals surface area (Å²) in [6, 6.07) is 16.7. The molecule has 2 aromatic heterocycles. The number of furan rings is 1. The molecule has 0 bridgehead atoms. The van der Waals surface area contributed by atoms with Crippen LogP contribution in [0.1, 0.15) is 36.3 Å². The van der Waals surface area contributed by atoms with Crippen molar-refractivity contribution in [3.8, 4) is 11.5 Å². The molecule has 3 atom stereocenters. The molecule has 1 N–H and O–H groups in total. The normalized spacial score (nSPS) is 20.4. The Morgan fingerprint density at radius 1 is 1.15 bits per heavy atom. The van der Waals surface area contributed by atoms with E-state index in [-0.39, 0.29) is 6.61 Å². The topological polar surface area (TPSA) is 55.1 Å². The zero-order valence-corrected chi connectivity index (χ0v) is 20.2. The maximum absolute atomic E-state index is 10.7. The molecule has 0 unspecified atom stereocenters. The smallest absolute Gasteiger partial charge is 0.137 e. The van der Waals surface area contributed by atoms with Gasteiger partial charge in [-0.3, -0.25) is 4.90 Å². The van der Waals surface area contributed by atoms with Gasteiger partial charge in [-0.05, 0) is 75.5 Å². The average Bonchev–Trinajstić information content (AvgIpc) is 3.41. The van der Waals surface area contributed by atoms with Gasteiger partial charge in [0.2, 0.25) is 0 Å². The predicted molar refractivity (Wildman–Crippen MR) is 134 cm³/mol. The van der Waals surface area contributed by atoms with Crippen LogP contribution < -0.4 is 9.47 Å². The lowest BCUT2D eigenvalue weighted by Crippen LogP contribution is -2.45. The number of aliphatic hydroxyl groups is 1. The first-order chi connectivity index (χ1) is 16.0. The maximum Gasteiger partial charge on any atom is 0.137 e. The van der Waals surface area contributed by atoms with Crippen molar-refractivity contribution in [2.24, 2.45) is 0 Å². The highest BCUT2D eigenvalue weighted by Gasteiger charge is 2.29. The number of fused-ring (bicyclic) bond motifs is 2. The van der Waals surface area contributed by atoms with E-state index < -0.39 is 6.10 Å². The minimum atomic E-state index is -0.541. The minimum Gasteiger partial charge on any atom is -0.496 e. The lowest BCUT2D eigenvalue weighted by Gasteiger charge is -2.38. The van der Waals surface area contributed by atoms with E-state index in [1.165, 1.54) is 15.0 Å². The monoisotopic (exact) mass is 465 g/mol. The van der Waals surface area contributed by atoms with Crippen LogP contribution in [0.25, 0.3) is 21.1 Å². The number of likely N-dealkylation sites (tertiary alicyclic amines) is 1. The summed E-state index contributed by atoms with van der Waals surface area (Å²) in [5.41, 5.74) is 0.814. The number of aryl methyl sites for hydroxylation is 1. The number of hydrogen-bond donors (Lipinski definition) is 1. The molecule has 0 radical (unpaired) electrons. The first-order valence-electron chi connectivity index (χ1n) is 11.6. The molecule has 0 saturated carbocycles. The minimum absolute atomic E-state index is 0.270. The summed E-state index contributed by atoms with van der Waals surface area (Å²) in [5.74, 6) is 3.12. The molecule has 1 saturated heterocycles. The molecule has 4 aromatic rings. The fourth-order valence-electron chi connectivity index (χ4n) is 4.98. The highest BCUT2D eigenvalue weighted by atomic mass is 32.1. The summed E-state index contributed by atoms with van der Waals surface area (Å²) in [6.07, 6.45) is 1.65. The number of hydrogen-bond acceptors (Lipinski definition) is 6. The third kappa shape index (κ3) is 4.60. The molecule has 0 amide bonds. The Morgan fingerprint density at radius 3 is 2.79 bits per heavy atom. The molecule has 5 nitrogen and oxygen atoms in total. The second-order valence-electron chi connectivity index (χ2n) is 9.08. The highest BCUT2D eigenvalue weighted by Crippen LogP contribution is 2.40. The molecular formula is C27H31NO4S. The van der Waals surface area contributed by atoms with Crippen LogP contribution in [0.5, 0.6) is 11.5 Å². The third-order valence-corrected chi connectivity index (χ3v) is 7.96. The molecule has 0 spiro atoms. The SMILES string of the molecule is COc1cccc2sc([C@H]3CCN(C[C@H](O)COc4cccc5oc(C)cc45)[C@@H](C)C3)cc12. The Hall–Kier alpha value is -2.54. The van der Waals surface area contributed by atoms with Gasteiger partial charge in [0, 0.05) is 27.5 Å². The van der Waals surface area contributed by atoms with E-state index in [9.17, 15) is 5.11 Å². The summed E-state index contributed by atoms with van der Waals surface area (Å²) >= 11 is 1.88. The van der Waals surface area contributed by atoms with Crippen LogP contribution in [0.3, 0.4) is 0 Å². The van der Waals surface area contributed by atoms with Crippen molar-refractivity contribution in [1.29, 1.82) is 0 Å². The van der Waals surface area contributed by atoms with Crippen LogP contribution in [-0.4, -0.2) is 49.0 Å². The van der Waals surface area contributed by atoms with E-state index in [1.54, 1.807) is 7.11 Å².